The van der Waals surface area contributed by atoms with Crippen LogP contribution in [0.5, 0.6) is 5.75 Å². The van der Waals surface area contributed by atoms with Gasteiger partial charge in [0.1, 0.15) is 18.3 Å². The van der Waals surface area contributed by atoms with E-state index in [4.69, 9.17) is 16.3 Å². The number of methoxy groups -OCH3 is 1. The van der Waals surface area contributed by atoms with Crippen molar-refractivity contribution in [3.05, 3.63) is 88.9 Å². The van der Waals surface area contributed by atoms with Gasteiger partial charge in [-0.25, -0.2) is 8.42 Å². The quantitative estimate of drug-likeness (QED) is 0.277. The predicted octanol–water partition coefficient (Wildman–Crippen LogP) is 5.57. The Morgan fingerprint density at radius 2 is 1.59 bits per heavy atom. The Balaban J connectivity index is 2.07. The maximum atomic E-state index is 14.1. The first-order chi connectivity index (χ1) is 19.5. The molecule has 0 heterocycles. The Labute approximate surface area is 248 Å². The summed E-state index contributed by atoms with van der Waals surface area (Å²) in [5.41, 5.74) is 1.84. The van der Waals surface area contributed by atoms with Crippen molar-refractivity contribution in [3.8, 4) is 5.75 Å². The topological polar surface area (TPSA) is 96.0 Å². The molecule has 2 amide bonds. The lowest BCUT2D eigenvalue weighted by molar-refractivity contribution is -0.140. The summed E-state index contributed by atoms with van der Waals surface area (Å²) < 4.78 is 34.2. The van der Waals surface area contributed by atoms with Gasteiger partial charge in [0, 0.05) is 17.6 Å². The second-order valence-electron chi connectivity index (χ2n) is 9.88. The number of nitrogens with zero attached hydrogens (tertiary/aromatic N) is 2. The lowest BCUT2D eigenvalue weighted by Crippen LogP contribution is -2.53. The van der Waals surface area contributed by atoms with Crippen LogP contribution in [0.2, 0.25) is 5.02 Å². The molecule has 0 fully saturated rings. The van der Waals surface area contributed by atoms with E-state index in [0.717, 1.165) is 16.3 Å². The summed E-state index contributed by atoms with van der Waals surface area (Å²) in [4.78, 5) is 29.0. The van der Waals surface area contributed by atoms with E-state index in [-0.39, 0.29) is 29.1 Å². The molecule has 0 unspecified atom stereocenters. The molecule has 0 aliphatic heterocycles. The van der Waals surface area contributed by atoms with Gasteiger partial charge in [0.25, 0.3) is 10.0 Å². The number of halogens is 1. The van der Waals surface area contributed by atoms with E-state index in [1.165, 1.54) is 24.1 Å². The van der Waals surface area contributed by atoms with E-state index in [2.05, 4.69) is 5.32 Å². The predicted molar refractivity (Wildman–Crippen MR) is 163 cm³/mol. The van der Waals surface area contributed by atoms with Crippen LogP contribution in [0.25, 0.3) is 0 Å². The van der Waals surface area contributed by atoms with Crippen molar-refractivity contribution in [1.29, 1.82) is 0 Å². The van der Waals surface area contributed by atoms with Gasteiger partial charge >= 0.3 is 0 Å². The number of rotatable bonds is 13. The Hall–Kier alpha value is -3.56. The summed E-state index contributed by atoms with van der Waals surface area (Å²) in [5, 5.41) is 3.41. The monoisotopic (exact) mass is 599 g/mol. The van der Waals surface area contributed by atoms with Crippen LogP contribution in [0, 0.1) is 6.92 Å². The van der Waals surface area contributed by atoms with Crippen molar-refractivity contribution >= 4 is 39.1 Å². The standard InChI is InChI=1S/C31H38ClN3O5S/c1-6-23(4)33-31(37)29(7-2)34(20-24-10-8-9-11-28(24)32)30(36)21-35(25-14-16-26(40-5)17-15-25)41(38,39)27-18-12-22(3)13-19-27/h8-19,23,29H,6-7,20-21H2,1-5H3,(H,33,37)/t23-,29-/m0/s1. The number of amides is 2. The van der Waals surface area contributed by atoms with E-state index < -0.39 is 28.5 Å². The molecule has 0 bridgehead atoms. The minimum atomic E-state index is -4.16. The zero-order valence-corrected chi connectivity index (χ0v) is 25.7. The Bertz CT molecular complexity index is 1430. The highest BCUT2D eigenvalue weighted by atomic mass is 35.5. The Morgan fingerprint density at radius 3 is 2.15 bits per heavy atom. The molecule has 0 saturated carbocycles. The van der Waals surface area contributed by atoms with Gasteiger partial charge in [0.05, 0.1) is 17.7 Å². The fourth-order valence-electron chi connectivity index (χ4n) is 4.29. The minimum absolute atomic E-state index is 0.0337. The largest absolute Gasteiger partial charge is 0.497 e. The highest BCUT2D eigenvalue weighted by Crippen LogP contribution is 2.27. The summed E-state index contributed by atoms with van der Waals surface area (Å²) in [6.07, 6.45) is 1.05. The number of benzene rings is 3. The number of sulfonamides is 1. The maximum Gasteiger partial charge on any atom is 0.264 e. The van der Waals surface area contributed by atoms with Crippen molar-refractivity contribution in [2.24, 2.45) is 0 Å². The van der Waals surface area contributed by atoms with Crippen LogP contribution >= 0.6 is 11.6 Å². The van der Waals surface area contributed by atoms with Crippen LogP contribution in [0.4, 0.5) is 5.69 Å². The normalized spacial score (nSPS) is 12.7. The number of carbonyl (C=O) groups is 2. The number of anilines is 1. The van der Waals surface area contributed by atoms with Crippen molar-refractivity contribution in [2.75, 3.05) is 18.0 Å². The van der Waals surface area contributed by atoms with Gasteiger partial charge in [0.2, 0.25) is 11.8 Å². The average Bonchev–Trinajstić information content (AvgIpc) is 2.96. The molecule has 3 rings (SSSR count). The van der Waals surface area contributed by atoms with Crippen LogP contribution < -0.4 is 14.4 Å². The third-order valence-corrected chi connectivity index (χ3v) is 9.09. The molecule has 220 valence electrons. The fourth-order valence-corrected chi connectivity index (χ4v) is 5.90. The number of hydrogen-bond donors (Lipinski definition) is 1. The van der Waals surface area contributed by atoms with E-state index in [9.17, 15) is 18.0 Å². The van der Waals surface area contributed by atoms with Crippen LogP contribution in [0.15, 0.2) is 77.7 Å². The second kappa shape index (κ2) is 14.4. The van der Waals surface area contributed by atoms with Crippen LogP contribution in [0.1, 0.15) is 44.7 Å². The lowest BCUT2D eigenvalue weighted by Gasteiger charge is -2.34. The summed E-state index contributed by atoms with van der Waals surface area (Å²) in [5.74, 6) is -0.303. The second-order valence-corrected chi connectivity index (χ2v) is 12.1. The summed E-state index contributed by atoms with van der Waals surface area (Å²) in [6, 6.07) is 19.0. The average molecular weight is 600 g/mol. The molecule has 2 atom stereocenters. The molecule has 8 nitrogen and oxygen atoms in total. The molecule has 0 aliphatic rings. The molecule has 0 saturated heterocycles. The molecule has 0 aromatic heterocycles. The van der Waals surface area contributed by atoms with Crippen molar-refractivity contribution in [3.63, 3.8) is 0 Å². The number of hydrogen-bond acceptors (Lipinski definition) is 5. The van der Waals surface area contributed by atoms with Crippen molar-refractivity contribution in [1.82, 2.24) is 10.2 Å². The lowest BCUT2D eigenvalue weighted by atomic mass is 10.1. The summed E-state index contributed by atoms with van der Waals surface area (Å²) in [7, 11) is -2.64. The van der Waals surface area contributed by atoms with Gasteiger partial charge in [-0.3, -0.25) is 13.9 Å². The van der Waals surface area contributed by atoms with E-state index in [0.29, 0.717) is 22.8 Å². The highest BCUT2D eigenvalue weighted by Gasteiger charge is 2.34. The fraction of sp³-hybridized carbons (Fsp3) is 0.355. The van der Waals surface area contributed by atoms with Gasteiger partial charge in [-0.2, -0.15) is 0 Å². The number of carbonyl (C=O) groups excluding carboxylic acids is 2. The molecule has 3 aromatic rings. The van der Waals surface area contributed by atoms with Gasteiger partial charge in [-0.05, 0) is 74.7 Å². The number of ether oxygens (including phenoxy) is 1. The third-order valence-electron chi connectivity index (χ3n) is 6.93. The highest BCUT2D eigenvalue weighted by molar-refractivity contribution is 7.92. The van der Waals surface area contributed by atoms with Crippen molar-refractivity contribution in [2.45, 2.75) is 64.1 Å². The molecule has 3 aromatic carbocycles. The molecule has 0 radical (unpaired) electrons. The first-order valence-electron chi connectivity index (χ1n) is 13.6. The van der Waals surface area contributed by atoms with Gasteiger partial charge in [-0.15, -0.1) is 0 Å². The molecule has 10 heteroatoms. The summed E-state index contributed by atoms with van der Waals surface area (Å²) in [6.45, 7) is 7.04. The first-order valence-corrected chi connectivity index (χ1v) is 15.4. The number of aryl methyl sites for hydroxylation is 1. The van der Waals surface area contributed by atoms with Gasteiger partial charge < -0.3 is 15.0 Å². The van der Waals surface area contributed by atoms with Crippen LogP contribution in [-0.2, 0) is 26.2 Å². The zero-order chi connectivity index (χ0) is 30.2. The van der Waals surface area contributed by atoms with Gasteiger partial charge in [0.15, 0.2) is 0 Å². The Kier molecular flexibility index (Phi) is 11.2. The molecular formula is C31H38ClN3O5S. The van der Waals surface area contributed by atoms with E-state index in [1.807, 2.05) is 27.7 Å². The first kappa shape index (κ1) is 32.0. The van der Waals surface area contributed by atoms with Crippen LogP contribution in [0.3, 0.4) is 0 Å². The van der Waals surface area contributed by atoms with E-state index >= 15 is 0 Å². The SMILES string of the molecule is CC[C@H](C)NC(=O)[C@H](CC)N(Cc1ccccc1Cl)C(=O)CN(c1ccc(OC)cc1)S(=O)(=O)c1ccc(C)cc1. The van der Waals surface area contributed by atoms with Gasteiger partial charge in [-0.1, -0.05) is 61.3 Å². The third kappa shape index (κ3) is 8.01. The zero-order valence-electron chi connectivity index (χ0n) is 24.1. The Morgan fingerprint density at radius 1 is 0.951 bits per heavy atom. The molecule has 1 N–H and O–H groups in total. The van der Waals surface area contributed by atoms with Crippen molar-refractivity contribution < 1.29 is 22.7 Å². The molecular weight excluding hydrogens is 562 g/mol. The smallest absolute Gasteiger partial charge is 0.264 e. The summed E-state index contributed by atoms with van der Waals surface area (Å²) >= 11 is 6.45. The maximum absolute atomic E-state index is 14.1. The minimum Gasteiger partial charge on any atom is -0.497 e. The van der Waals surface area contributed by atoms with Crippen LogP contribution in [-0.4, -0.2) is 50.9 Å². The molecule has 41 heavy (non-hydrogen) atoms. The number of nitrogens with one attached hydrogen (secondary N) is 1. The van der Waals surface area contributed by atoms with E-state index in [1.54, 1.807) is 60.7 Å². The molecule has 0 aliphatic carbocycles. The molecule has 0 spiro atoms.